The topological polar surface area (TPSA) is 142 Å². The molecule has 0 spiro atoms. The highest BCUT2D eigenvalue weighted by molar-refractivity contribution is 6.32. The molecule has 3 heterocycles. The van der Waals surface area contributed by atoms with E-state index in [1.807, 2.05) is 0 Å². The zero-order valence-corrected chi connectivity index (χ0v) is 11.9. The molecule has 0 saturated heterocycles. The molecule has 116 valence electrons. The van der Waals surface area contributed by atoms with Gasteiger partial charge in [0.25, 0.3) is 22.2 Å². The van der Waals surface area contributed by atoms with Gasteiger partial charge < -0.3 is 10.7 Å². The SMILES string of the molecule is Nc1cccc2[nH]c3c4c(=O)[nH]c(=O)c4c4c(=O)[nH]c(=O)c4c3c12. The summed E-state index contributed by atoms with van der Waals surface area (Å²) < 4.78 is 0. The van der Waals surface area contributed by atoms with Crippen LogP contribution < -0.4 is 28.0 Å². The number of rotatable bonds is 0. The average Bonchev–Trinajstić information content (AvgIpc) is 3.13. The number of benzene rings is 2. The van der Waals surface area contributed by atoms with E-state index in [-0.39, 0.29) is 21.5 Å². The lowest BCUT2D eigenvalue weighted by Crippen LogP contribution is -2.08. The van der Waals surface area contributed by atoms with E-state index in [0.29, 0.717) is 27.5 Å². The van der Waals surface area contributed by atoms with Gasteiger partial charge in [-0.15, -0.1) is 0 Å². The molecule has 0 radical (unpaired) electrons. The maximum Gasteiger partial charge on any atom is 0.261 e. The fraction of sp³-hybridized carbons (Fsp3) is 0. The Morgan fingerprint density at radius 1 is 0.625 bits per heavy atom. The van der Waals surface area contributed by atoms with Crippen LogP contribution >= 0.6 is 0 Å². The van der Waals surface area contributed by atoms with Crippen molar-refractivity contribution in [3.8, 4) is 0 Å². The first kappa shape index (κ1) is 12.8. The van der Waals surface area contributed by atoms with Crippen LogP contribution in [0, 0.1) is 0 Å². The largest absolute Gasteiger partial charge is 0.398 e. The Morgan fingerprint density at radius 2 is 1.17 bits per heavy atom. The maximum atomic E-state index is 12.3. The molecule has 0 amide bonds. The summed E-state index contributed by atoms with van der Waals surface area (Å²) in [6, 6.07) is 5.13. The summed E-state index contributed by atoms with van der Waals surface area (Å²) in [7, 11) is 0. The van der Waals surface area contributed by atoms with Crippen LogP contribution in [0.2, 0.25) is 0 Å². The zero-order chi connectivity index (χ0) is 16.7. The number of hydrogen-bond acceptors (Lipinski definition) is 5. The predicted octanol–water partition coefficient (Wildman–Crippen LogP) is 0.182. The smallest absolute Gasteiger partial charge is 0.261 e. The molecule has 8 heteroatoms. The first-order valence-corrected chi connectivity index (χ1v) is 7.10. The van der Waals surface area contributed by atoms with E-state index in [0.717, 1.165) is 0 Å². The third kappa shape index (κ3) is 1.25. The predicted molar refractivity (Wildman–Crippen MR) is 91.4 cm³/mol. The highest BCUT2D eigenvalue weighted by Crippen LogP contribution is 2.36. The molecule has 5 aromatic rings. The van der Waals surface area contributed by atoms with E-state index < -0.39 is 22.2 Å². The lowest BCUT2D eigenvalue weighted by Gasteiger charge is -1.98. The minimum absolute atomic E-state index is 0.0641. The molecule has 2 aromatic carbocycles. The molecule has 0 aliphatic carbocycles. The minimum atomic E-state index is -0.693. The molecule has 0 fully saturated rings. The summed E-state index contributed by atoms with van der Waals surface area (Å²) in [5, 5.41) is 0.913. The van der Waals surface area contributed by atoms with Gasteiger partial charge in [-0.3, -0.25) is 29.1 Å². The molecule has 0 atom stereocenters. The van der Waals surface area contributed by atoms with Crippen molar-refractivity contribution in [2.24, 2.45) is 0 Å². The van der Waals surface area contributed by atoms with Gasteiger partial charge in [0.1, 0.15) is 0 Å². The molecule has 0 unspecified atom stereocenters. The Morgan fingerprint density at radius 3 is 1.83 bits per heavy atom. The third-order valence-corrected chi connectivity index (χ3v) is 4.47. The summed E-state index contributed by atoms with van der Waals surface area (Å²) in [6.45, 7) is 0. The summed E-state index contributed by atoms with van der Waals surface area (Å²) >= 11 is 0. The molecule has 0 saturated carbocycles. The van der Waals surface area contributed by atoms with Gasteiger partial charge in [0.05, 0.1) is 27.1 Å². The van der Waals surface area contributed by atoms with Crippen LogP contribution in [0.1, 0.15) is 0 Å². The van der Waals surface area contributed by atoms with Gasteiger partial charge in [-0.25, -0.2) is 0 Å². The standard InChI is InChI=1S/C16H8N4O4/c17-4-2-1-3-5-6(4)7-8-9(14(22)19-13(8)21)10-11(12(7)18-5)16(24)20-15(10)23/h1-3,18H,17H2,(H,19,21,22)(H,20,23,24). The van der Waals surface area contributed by atoms with Crippen LogP contribution in [-0.2, 0) is 0 Å². The molecule has 3 aromatic heterocycles. The first-order chi connectivity index (χ1) is 11.5. The number of aromatic nitrogens is 3. The normalized spacial score (nSPS) is 12.2. The summed E-state index contributed by atoms with van der Waals surface area (Å²) in [6.07, 6.45) is 0. The highest BCUT2D eigenvalue weighted by atomic mass is 16.2. The van der Waals surface area contributed by atoms with Crippen LogP contribution in [0.3, 0.4) is 0 Å². The monoisotopic (exact) mass is 320 g/mol. The molecule has 5 N–H and O–H groups in total. The van der Waals surface area contributed by atoms with E-state index >= 15 is 0 Å². The summed E-state index contributed by atoms with van der Waals surface area (Å²) in [5.41, 5.74) is 4.77. The zero-order valence-electron chi connectivity index (χ0n) is 11.9. The second-order valence-corrected chi connectivity index (χ2v) is 5.71. The maximum absolute atomic E-state index is 12.3. The number of fused-ring (bicyclic) bond motifs is 8. The van der Waals surface area contributed by atoms with Crippen LogP contribution in [0.4, 0.5) is 5.69 Å². The Hall–Kier alpha value is -3.68. The van der Waals surface area contributed by atoms with Crippen molar-refractivity contribution in [1.29, 1.82) is 0 Å². The molecule has 0 bridgehead atoms. The average molecular weight is 320 g/mol. The summed E-state index contributed by atoms with van der Waals surface area (Å²) in [4.78, 5) is 56.3. The van der Waals surface area contributed by atoms with Crippen LogP contribution in [0.15, 0.2) is 37.4 Å². The Labute approximate surface area is 130 Å². The van der Waals surface area contributed by atoms with Gasteiger partial charge in [0, 0.05) is 22.0 Å². The summed E-state index contributed by atoms with van der Waals surface area (Å²) in [5.74, 6) is 0. The van der Waals surface area contributed by atoms with Crippen molar-refractivity contribution in [3.05, 3.63) is 59.6 Å². The Kier molecular flexibility index (Phi) is 2.03. The minimum Gasteiger partial charge on any atom is -0.398 e. The van der Waals surface area contributed by atoms with Gasteiger partial charge in [-0.05, 0) is 12.1 Å². The van der Waals surface area contributed by atoms with Crippen molar-refractivity contribution in [2.45, 2.75) is 0 Å². The van der Waals surface area contributed by atoms with Crippen molar-refractivity contribution in [3.63, 3.8) is 0 Å². The van der Waals surface area contributed by atoms with E-state index in [4.69, 9.17) is 5.73 Å². The molecule has 5 rings (SSSR count). The lowest BCUT2D eigenvalue weighted by molar-refractivity contribution is 1.26. The Balaban J connectivity index is 2.41. The van der Waals surface area contributed by atoms with Gasteiger partial charge >= 0.3 is 0 Å². The fourth-order valence-electron chi connectivity index (χ4n) is 3.58. The number of H-pyrrole nitrogens is 3. The fourth-order valence-corrected chi connectivity index (χ4v) is 3.58. The van der Waals surface area contributed by atoms with Crippen molar-refractivity contribution < 1.29 is 0 Å². The molecule has 8 nitrogen and oxygen atoms in total. The number of nitrogen functional groups attached to an aromatic ring is 1. The van der Waals surface area contributed by atoms with Crippen LogP contribution in [-0.4, -0.2) is 15.0 Å². The van der Waals surface area contributed by atoms with Crippen molar-refractivity contribution >= 4 is 49.0 Å². The molecular formula is C16H8N4O4. The van der Waals surface area contributed by atoms with E-state index in [9.17, 15) is 19.2 Å². The lowest BCUT2D eigenvalue weighted by atomic mass is 10.0. The van der Waals surface area contributed by atoms with E-state index in [2.05, 4.69) is 15.0 Å². The van der Waals surface area contributed by atoms with Crippen molar-refractivity contribution in [1.82, 2.24) is 15.0 Å². The van der Waals surface area contributed by atoms with Gasteiger partial charge in [0.15, 0.2) is 0 Å². The van der Waals surface area contributed by atoms with Crippen molar-refractivity contribution in [2.75, 3.05) is 5.73 Å². The second-order valence-electron chi connectivity index (χ2n) is 5.71. The van der Waals surface area contributed by atoms with Gasteiger partial charge in [-0.2, -0.15) is 0 Å². The molecule has 0 aliphatic heterocycles. The highest BCUT2D eigenvalue weighted by Gasteiger charge is 2.24. The Bertz CT molecular complexity index is 1540. The molecule has 0 aliphatic rings. The molecule has 24 heavy (non-hydrogen) atoms. The number of aromatic amines is 3. The number of nitrogens with two attached hydrogens (primary N) is 1. The molecular weight excluding hydrogens is 312 g/mol. The van der Waals surface area contributed by atoms with Gasteiger partial charge in [-0.1, -0.05) is 6.07 Å². The van der Waals surface area contributed by atoms with E-state index in [1.165, 1.54) is 0 Å². The number of hydrogen-bond donors (Lipinski definition) is 4. The number of anilines is 1. The van der Waals surface area contributed by atoms with E-state index in [1.54, 1.807) is 18.2 Å². The van der Waals surface area contributed by atoms with Gasteiger partial charge in [0.2, 0.25) is 0 Å². The third-order valence-electron chi connectivity index (χ3n) is 4.47. The second kappa shape index (κ2) is 3.80. The first-order valence-electron chi connectivity index (χ1n) is 7.10. The quantitative estimate of drug-likeness (QED) is 0.301. The van der Waals surface area contributed by atoms with Crippen LogP contribution in [0.25, 0.3) is 43.4 Å². The number of nitrogens with one attached hydrogen (secondary N) is 3. The van der Waals surface area contributed by atoms with Crippen LogP contribution in [0.5, 0.6) is 0 Å².